The Bertz CT molecular complexity index is 1000. The topological polar surface area (TPSA) is 59.1 Å². The van der Waals surface area contributed by atoms with Gasteiger partial charge in [0.25, 0.3) is 0 Å². The smallest absolute Gasteiger partial charge is 0.242 e. The summed E-state index contributed by atoms with van der Waals surface area (Å²) in [7, 11) is -3.75. The van der Waals surface area contributed by atoms with Crippen LogP contribution < -0.4 is 4.72 Å². The van der Waals surface area contributed by atoms with Crippen molar-refractivity contribution in [3.8, 4) is 10.6 Å². The zero-order valence-corrected chi connectivity index (χ0v) is 16.3. The minimum Gasteiger partial charge on any atom is -0.255 e. The minimum atomic E-state index is -3.75. The third-order valence-corrected chi connectivity index (χ3v) is 6.73. The molecular formula is C17H14Cl2N2O2S2. The van der Waals surface area contributed by atoms with Crippen molar-refractivity contribution in [1.29, 1.82) is 0 Å². The number of nitrogens with zero attached hydrogens (tertiary/aromatic N) is 1. The minimum absolute atomic E-state index is 0.0172. The average molecular weight is 413 g/mol. The molecule has 8 heteroatoms. The van der Waals surface area contributed by atoms with Crippen LogP contribution in [0.3, 0.4) is 0 Å². The lowest BCUT2D eigenvalue weighted by atomic mass is 10.2. The van der Waals surface area contributed by atoms with E-state index in [0.29, 0.717) is 10.6 Å². The Balaban J connectivity index is 1.81. The molecule has 0 aliphatic rings. The Morgan fingerprint density at radius 2 is 1.96 bits per heavy atom. The highest BCUT2D eigenvalue weighted by Gasteiger charge is 2.19. The summed E-state index contributed by atoms with van der Waals surface area (Å²) >= 11 is 13.6. The van der Waals surface area contributed by atoms with E-state index in [9.17, 15) is 8.42 Å². The van der Waals surface area contributed by atoms with Gasteiger partial charge in [-0.15, -0.1) is 11.3 Å². The van der Waals surface area contributed by atoms with Crippen molar-refractivity contribution < 1.29 is 8.42 Å². The molecule has 2 aromatic heterocycles. The number of aryl methyl sites for hydroxylation is 1. The molecule has 0 atom stereocenters. The zero-order valence-electron chi connectivity index (χ0n) is 13.2. The lowest BCUT2D eigenvalue weighted by Crippen LogP contribution is -2.23. The molecule has 0 spiro atoms. The van der Waals surface area contributed by atoms with E-state index in [1.807, 2.05) is 23.6 Å². The zero-order chi connectivity index (χ0) is 18.0. The fraction of sp³-hybridized carbons (Fsp3) is 0.118. The van der Waals surface area contributed by atoms with Gasteiger partial charge in [0.05, 0.1) is 15.6 Å². The van der Waals surface area contributed by atoms with Gasteiger partial charge in [-0.3, -0.25) is 4.98 Å². The summed E-state index contributed by atoms with van der Waals surface area (Å²) in [5, 5.41) is 2.49. The predicted octanol–water partition coefficient (Wildman–Crippen LogP) is 4.90. The Morgan fingerprint density at radius 3 is 2.68 bits per heavy atom. The van der Waals surface area contributed by atoms with Crippen molar-refractivity contribution in [2.24, 2.45) is 0 Å². The van der Waals surface area contributed by atoms with Crippen LogP contribution in [0.15, 0.2) is 52.9 Å². The van der Waals surface area contributed by atoms with E-state index in [4.69, 9.17) is 23.2 Å². The number of halogens is 2. The second-order valence-electron chi connectivity index (χ2n) is 5.38. The first-order chi connectivity index (χ1) is 11.9. The Hall–Kier alpha value is -1.44. The van der Waals surface area contributed by atoms with Crippen LogP contribution in [0.1, 0.15) is 11.1 Å². The SMILES string of the molecule is Cc1cc(S(=O)(=O)NCc2ccnc(-c3cccs3)c2)c(Cl)cc1Cl. The van der Waals surface area contributed by atoms with Gasteiger partial charge in [-0.05, 0) is 53.8 Å². The Kier molecular flexibility index (Phi) is 5.46. The van der Waals surface area contributed by atoms with Crippen molar-refractivity contribution in [3.05, 3.63) is 69.1 Å². The quantitative estimate of drug-likeness (QED) is 0.647. The largest absolute Gasteiger partial charge is 0.255 e. The van der Waals surface area contributed by atoms with Crippen molar-refractivity contribution in [1.82, 2.24) is 9.71 Å². The maximum absolute atomic E-state index is 12.6. The molecule has 3 aromatic rings. The van der Waals surface area contributed by atoms with Crippen LogP contribution in [0.2, 0.25) is 10.0 Å². The van der Waals surface area contributed by atoms with Gasteiger partial charge in [-0.25, -0.2) is 13.1 Å². The molecule has 0 radical (unpaired) electrons. The number of hydrogen-bond acceptors (Lipinski definition) is 4. The van der Waals surface area contributed by atoms with Crippen molar-refractivity contribution in [2.45, 2.75) is 18.4 Å². The maximum atomic E-state index is 12.6. The number of hydrogen-bond donors (Lipinski definition) is 1. The number of nitrogens with one attached hydrogen (secondary N) is 1. The number of rotatable bonds is 5. The molecule has 25 heavy (non-hydrogen) atoms. The van der Waals surface area contributed by atoms with E-state index in [1.165, 1.54) is 12.1 Å². The molecule has 1 aromatic carbocycles. The van der Waals surface area contributed by atoms with E-state index in [-0.39, 0.29) is 16.5 Å². The Labute approximate surface area is 160 Å². The standard InChI is InChI=1S/C17H14Cl2N2O2S2/c1-11-7-17(14(19)9-13(11)18)25(22,23)21-10-12-4-5-20-15(8-12)16-3-2-6-24-16/h2-9,21H,10H2,1H3. The first-order valence-corrected chi connectivity index (χ1v) is 10.4. The molecular weight excluding hydrogens is 399 g/mol. The van der Waals surface area contributed by atoms with Gasteiger partial charge < -0.3 is 0 Å². The van der Waals surface area contributed by atoms with Crippen molar-refractivity contribution in [2.75, 3.05) is 0 Å². The van der Waals surface area contributed by atoms with Gasteiger partial charge in [-0.2, -0.15) is 0 Å². The van der Waals surface area contributed by atoms with Crippen LogP contribution in [0.25, 0.3) is 10.6 Å². The van der Waals surface area contributed by atoms with Gasteiger partial charge in [0.2, 0.25) is 10.0 Å². The van der Waals surface area contributed by atoms with E-state index < -0.39 is 10.0 Å². The first-order valence-electron chi connectivity index (χ1n) is 7.31. The van der Waals surface area contributed by atoms with E-state index in [0.717, 1.165) is 16.1 Å². The molecule has 0 saturated heterocycles. The molecule has 0 aliphatic heterocycles. The number of sulfonamides is 1. The van der Waals surface area contributed by atoms with Crippen LogP contribution in [0, 0.1) is 6.92 Å². The van der Waals surface area contributed by atoms with E-state index in [1.54, 1.807) is 30.5 Å². The Morgan fingerprint density at radius 1 is 1.16 bits per heavy atom. The first kappa shape index (κ1) is 18.4. The second-order valence-corrected chi connectivity index (χ2v) is 8.88. The fourth-order valence-corrected chi connectivity index (χ4v) is 4.78. The molecule has 2 heterocycles. The molecule has 1 N–H and O–H groups in total. The van der Waals surface area contributed by atoms with E-state index in [2.05, 4.69) is 9.71 Å². The average Bonchev–Trinajstić information content (AvgIpc) is 3.11. The summed E-state index contributed by atoms with van der Waals surface area (Å²) in [6.45, 7) is 1.87. The highest BCUT2D eigenvalue weighted by atomic mass is 35.5. The van der Waals surface area contributed by atoms with Crippen LogP contribution in [0.5, 0.6) is 0 Å². The summed E-state index contributed by atoms with van der Waals surface area (Å²) in [4.78, 5) is 5.36. The molecule has 0 aliphatic carbocycles. The van der Waals surface area contributed by atoms with Crippen LogP contribution in [-0.4, -0.2) is 13.4 Å². The van der Waals surface area contributed by atoms with E-state index >= 15 is 0 Å². The summed E-state index contributed by atoms with van der Waals surface area (Å²) in [6.07, 6.45) is 1.66. The summed E-state index contributed by atoms with van der Waals surface area (Å²) in [5.74, 6) is 0. The fourth-order valence-electron chi connectivity index (χ4n) is 2.24. The van der Waals surface area contributed by atoms with Gasteiger partial charge >= 0.3 is 0 Å². The monoisotopic (exact) mass is 412 g/mol. The van der Waals surface area contributed by atoms with Gasteiger partial charge in [0.1, 0.15) is 4.90 Å². The highest BCUT2D eigenvalue weighted by molar-refractivity contribution is 7.89. The molecule has 0 amide bonds. The van der Waals surface area contributed by atoms with Crippen LogP contribution >= 0.6 is 34.5 Å². The lowest BCUT2D eigenvalue weighted by molar-refractivity contribution is 0.581. The summed E-state index contributed by atoms with van der Waals surface area (Å²) in [5.41, 5.74) is 2.27. The van der Waals surface area contributed by atoms with Gasteiger partial charge in [0.15, 0.2) is 0 Å². The number of thiophene rings is 1. The lowest BCUT2D eigenvalue weighted by Gasteiger charge is -2.10. The molecule has 0 fully saturated rings. The van der Waals surface area contributed by atoms with Crippen LogP contribution in [0.4, 0.5) is 0 Å². The molecule has 0 bridgehead atoms. The maximum Gasteiger partial charge on any atom is 0.242 e. The molecule has 4 nitrogen and oxygen atoms in total. The molecule has 0 unspecified atom stereocenters. The highest BCUT2D eigenvalue weighted by Crippen LogP contribution is 2.28. The van der Waals surface area contributed by atoms with Gasteiger partial charge in [-0.1, -0.05) is 29.3 Å². The number of benzene rings is 1. The molecule has 3 rings (SSSR count). The van der Waals surface area contributed by atoms with Crippen LogP contribution in [-0.2, 0) is 16.6 Å². The normalized spacial score (nSPS) is 11.6. The summed E-state index contributed by atoms with van der Waals surface area (Å²) in [6, 6.07) is 10.5. The number of pyridine rings is 1. The third-order valence-electron chi connectivity index (χ3n) is 3.57. The molecule has 130 valence electrons. The predicted molar refractivity (Wildman–Crippen MR) is 103 cm³/mol. The van der Waals surface area contributed by atoms with Crippen molar-refractivity contribution in [3.63, 3.8) is 0 Å². The number of aromatic nitrogens is 1. The molecule has 0 saturated carbocycles. The van der Waals surface area contributed by atoms with Crippen molar-refractivity contribution >= 4 is 44.6 Å². The second kappa shape index (κ2) is 7.43. The summed E-state index contributed by atoms with van der Waals surface area (Å²) < 4.78 is 27.7. The van der Waals surface area contributed by atoms with Gasteiger partial charge in [0, 0.05) is 17.8 Å². The third kappa shape index (κ3) is 4.22.